The average Bonchev–Trinajstić information content (AvgIpc) is 2.61. The number of nitrogens with zero attached hydrogens (tertiary/aromatic N) is 1. The van der Waals surface area contributed by atoms with E-state index in [2.05, 4.69) is 10.2 Å². The summed E-state index contributed by atoms with van der Waals surface area (Å²) in [5.41, 5.74) is 9.69. The number of aromatic amines is 1. The first-order valence-electron chi connectivity index (χ1n) is 5.34. The highest BCUT2D eigenvalue weighted by Gasteiger charge is 2.08. The van der Waals surface area contributed by atoms with Gasteiger partial charge in [-0.1, -0.05) is 12.1 Å². The fourth-order valence-electron chi connectivity index (χ4n) is 1.72. The summed E-state index contributed by atoms with van der Waals surface area (Å²) < 4.78 is 0. The molecule has 0 saturated heterocycles. The van der Waals surface area contributed by atoms with Crippen LogP contribution in [0.2, 0.25) is 0 Å². The van der Waals surface area contributed by atoms with Crippen LogP contribution in [-0.2, 0) is 0 Å². The molecule has 1 radical (unpaired) electrons. The number of benzene rings is 1. The highest BCUT2D eigenvalue weighted by Crippen LogP contribution is 2.18. The molecule has 0 saturated carbocycles. The number of hydrogen-bond donors (Lipinski definition) is 2. The minimum absolute atomic E-state index is 0.416. The van der Waals surface area contributed by atoms with Crippen molar-refractivity contribution < 1.29 is 4.79 Å². The van der Waals surface area contributed by atoms with Crippen molar-refractivity contribution >= 4 is 5.91 Å². The number of hydrogen-bond acceptors (Lipinski definition) is 2. The Hall–Kier alpha value is -2.10. The summed E-state index contributed by atoms with van der Waals surface area (Å²) in [6, 6.07) is 7.22. The van der Waals surface area contributed by atoms with Gasteiger partial charge in [-0.25, -0.2) is 0 Å². The Labute approximate surface area is 99.8 Å². The third-order valence-corrected chi connectivity index (χ3v) is 2.67. The summed E-state index contributed by atoms with van der Waals surface area (Å²) in [4.78, 5) is 11.1. The second-order valence-corrected chi connectivity index (χ2v) is 3.98. The maximum absolute atomic E-state index is 11.1. The molecule has 2 rings (SSSR count). The van der Waals surface area contributed by atoms with Crippen LogP contribution >= 0.6 is 0 Å². The van der Waals surface area contributed by atoms with Gasteiger partial charge in [-0.2, -0.15) is 5.10 Å². The van der Waals surface area contributed by atoms with Crippen molar-refractivity contribution in [3.63, 3.8) is 0 Å². The van der Waals surface area contributed by atoms with Crippen LogP contribution in [0.4, 0.5) is 0 Å². The SMILES string of the molecule is Cc1n[nH]c(C)c1[CH]c1cccc(C(N)=O)c1. The van der Waals surface area contributed by atoms with Gasteiger partial charge in [0, 0.05) is 23.2 Å². The van der Waals surface area contributed by atoms with Crippen LogP contribution in [0, 0.1) is 20.3 Å². The van der Waals surface area contributed by atoms with Gasteiger partial charge in [0.05, 0.1) is 5.69 Å². The van der Waals surface area contributed by atoms with Crippen LogP contribution in [0.3, 0.4) is 0 Å². The van der Waals surface area contributed by atoms with E-state index in [4.69, 9.17) is 5.73 Å². The van der Waals surface area contributed by atoms with Crippen molar-refractivity contribution in [2.75, 3.05) is 0 Å². The fraction of sp³-hybridized carbons (Fsp3) is 0.154. The number of primary amides is 1. The van der Waals surface area contributed by atoms with Crippen LogP contribution < -0.4 is 5.73 Å². The summed E-state index contributed by atoms with van der Waals surface area (Å²) in [5.74, 6) is -0.416. The third kappa shape index (κ3) is 2.36. The Bertz CT molecular complexity index is 538. The minimum atomic E-state index is -0.416. The topological polar surface area (TPSA) is 71.8 Å². The van der Waals surface area contributed by atoms with Crippen molar-refractivity contribution in [3.8, 4) is 0 Å². The lowest BCUT2D eigenvalue weighted by molar-refractivity contribution is 0.1000. The molecule has 4 heteroatoms. The molecule has 87 valence electrons. The number of carbonyl (C=O) groups excluding carboxylic acids is 1. The molecule has 17 heavy (non-hydrogen) atoms. The molecular formula is C13H14N3O. The van der Waals surface area contributed by atoms with E-state index in [1.165, 1.54) is 0 Å². The van der Waals surface area contributed by atoms with E-state index in [-0.39, 0.29) is 0 Å². The van der Waals surface area contributed by atoms with Crippen molar-refractivity contribution in [2.24, 2.45) is 5.73 Å². The van der Waals surface area contributed by atoms with Gasteiger partial charge in [0.2, 0.25) is 5.91 Å². The molecule has 0 unspecified atom stereocenters. The van der Waals surface area contributed by atoms with Gasteiger partial charge in [-0.05, 0) is 31.5 Å². The fourth-order valence-corrected chi connectivity index (χ4v) is 1.72. The lowest BCUT2D eigenvalue weighted by Gasteiger charge is -2.03. The van der Waals surface area contributed by atoms with Crippen LogP contribution in [0.25, 0.3) is 0 Å². The van der Waals surface area contributed by atoms with Crippen molar-refractivity contribution in [2.45, 2.75) is 13.8 Å². The molecule has 1 aromatic heterocycles. The quantitative estimate of drug-likeness (QED) is 0.839. The number of H-pyrrole nitrogens is 1. The molecule has 0 aliphatic heterocycles. The Morgan fingerprint density at radius 2 is 2.18 bits per heavy atom. The van der Waals surface area contributed by atoms with E-state index in [0.717, 1.165) is 22.5 Å². The second-order valence-electron chi connectivity index (χ2n) is 3.98. The van der Waals surface area contributed by atoms with Crippen LogP contribution in [0.15, 0.2) is 24.3 Å². The number of amides is 1. The third-order valence-electron chi connectivity index (χ3n) is 2.67. The molecule has 2 aromatic rings. The second kappa shape index (κ2) is 4.41. The van der Waals surface area contributed by atoms with Crippen molar-refractivity contribution in [1.82, 2.24) is 10.2 Å². The Balaban J connectivity index is 2.30. The van der Waals surface area contributed by atoms with Gasteiger partial charge in [0.25, 0.3) is 0 Å². The number of carbonyl (C=O) groups is 1. The summed E-state index contributed by atoms with van der Waals surface area (Å²) in [6.07, 6.45) is 1.99. The van der Waals surface area contributed by atoms with Crippen LogP contribution in [0.1, 0.15) is 32.9 Å². The first-order chi connectivity index (χ1) is 8.08. The summed E-state index contributed by atoms with van der Waals surface area (Å²) >= 11 is 0. The first kappa shape index (κ1) is 11.4. The molecule has 0 aliphatic rings. The molecule has 1 aromatic carbocycles. The lowest BCUT2D eigenvalue weighted by Crippen LogP contribution is -2.10. The first-order valence-corrected chi connectivity index (χ1v) is 5.34. The zero-order chi connectivity index (χ0) is 12.4. The monoisotopic (exact) mass is 228 g/mol. The zero-order valence-electron chi connectivity index (χ0n) is 9.82. The van der Waals surface area contributed by atoms with Crippen LogP contribution in [0.5, 0.6) is 0 Å². The van der Waals surface area contributed by atoms with Gasteiger partial charge in [-0.15, -0.1) is 0 Å². The van der Waals surface area contributed by atoms with Gasteiger partial charge in [0.15, 0.2) is 0 Å². The molecule has 0 fully saturated rings. The van der Waals surface area contributed by atoms with Gasteiger partial charge in [0.1, 0.15) is 0 Å². The molecule has 0 bridgehead atoms. The van der Waals surface area contributed by atoms with E-state index >= 15 is 0 Å². The van der Waals surface area contributed by atoms with E-state index in [1.54, 1.807) is 12.1 Å². The largest absolute Gasteiger partial charge is 0.366 e. The van der Waals surface area contributed by atoms with E-state index in [9.17, 15) is 4.79 Å². The number of nitrogens with one attached hydrogen (secondary N) is 1. The number of aromatic nitrogens is 2. The maximum atomic E-state index is 11.1. The molecule has 0 spiro atoms. The highest BCUT2D eigenvalue weighted by molar-refractivity contribution is 5.93. The molecule has 0 aliphatic carbocycles. The van der Waals surface area contributed by atoms with Crippen molar-refractivity contribution in [1.29, 1.82) is 0 Å². The summed E-state index contributed by atoms with van der Waals surface area (Å²) in [5, 5.41) is 7.04. The lowest BCUT2D eigenvalue weighted by atomic mass is 10.0. The normalized spacial score (nSPS) is 10.5. The van der Waals surface area contributed by atoms with Crippen molar-refractivity contribution in [3.05, 3.63) is 58.8 Å². The highest BCUT2D eigenvalue weighted by atomic mass is 16.1. The van der Waals surface area contributed by atoms with Gasteiger partial charge < -0.3 is 5.73 Å². The van der Waals surface area contributed by atoms with E-state index < -0.39 is 5.91 Å². The van der Waals surface area contributed by atoms with Gasteiger partial charge in [-0.3, -0.25) is 9.89 Å². The van der Waals surface area contributed by atoms with Crippen LogP contribution in [-0.4, -0.2) is 16.1 Å². The summed E-state index contributed by atoms with van der Waals surface area (Å²) in [6.45, 7) is 3.90. The Morgan fingerprint density at radius 1 is 1.41 bits per heavy atom. The zero-order valence-corrected chi connectivity index (χ0v) is 9.82. The predicted molar refractivity (Wildman–Crippen MR) is 65.5 cm³/mol. The number of rotatable bonds is 3. The van der Waals surface area contributed by atoms with E-state index in [0.29, 0.717) is 5.56 Å². The molecule has 1 amide bonds. The Kier molecular flexibility index (Phi) is 2.95. The van der Waals surface area contributed by atoms with Gasteiger partial charge >= 0.3 is 0 Å². The Morgan fingerprint density at radius 3 is 2.76 bits per heavy atom. The smallest absolute Gasteiger partial charge is 0.248 e. The average molecular weight is 228 g/mol. The molecule has 0 atom stereocenters. The molecule has 4 nitrogen and oxygen atoms in total. The number of nitrogens with two attached hydrogens (primary N) is 1. The number of aryl methyl sites for hydroxylation is 2. The predicted octanol–water partition coefficient (Wildman–Crippen LogP) is 1.73. The summed E-state index contributed by atoms with van der Waals surface area (Å²) in [7, 11) is 0. The minimum Gasteiger partial charge on any atom is -0.366 e. The standard InChI is InChI=1S/C13H14N3O/c1-8-12(9(2)16-15-8)7-10-4-3-5-11(6-10)13(14)17/h3-7H,1-2H3,(H2,14,17)(H,15,16). The molecule has 1 heterocycles. The molecular weight excluding hydrogens is 214 g/mol. The maximum Gasteiger partial charge on any atom is 0.248 e. The van der Waals surface area contributed by atoms with E-state index in [1.807, 2.05) is 32.4 Å². The molecule has 3 N–H and O–H groups in total.